The van der Waals surface area contributed by atoms with E-state index >= 15 is 0 Å². The van der Waals surface area contributed by atoms with Gasteiger partial charge in [-0.2, -0.15) is 5.10 Å². The van der Waals surface area contributed by atoms with Gasteiger partial charge in [-0.15, -0.1) is 0 Å². The minimum atomic E-state index is 0.630. The maximum absolute atomic E-state index is 5.11. The minimum absolute atomic E-state index is 0.630. The zero-order valence-electron chi connectivity index (χ0n) is 9.18. The van der Waals surface area contributed by atoms with Crippen LogP contribution in [0.3, 0.4) is 0 Å². The van der Waals surface area contributed by atoms with Crippen molar-refractivity contribution in [3.05, 3.63) is 30.1 Å². The van der Waals surface area contributed by atoms with Crippen LogP contribution in [-0.2, 0) is 13.0 Å². The fourth-order valence-corrected chi connectivity index (χ4v) is 2.08. The molecular formula is C12H13N3O. The molecule has 1 aliphatic rings. The van der Waals surface area contributed by atoms with Crippen molar-refractivity contribution < 1.29 is 4.74 Å². The smallest absolute Gasteiger partial charge is 0.213 e. The van der Waals surface area contributed by atoms with Crippen molar-refractivity contribution in [2.45, 2.75) is 19.4 Å². The van der Waals surface area contributed by atoms with E-state index in [-0.39, 0.29) is 0 Å². The quantitative estimate of drug-likeness (QED) is 0.768. The van der Waals surface area contributed by atoms with Crippen LogP contribution in [0.15, 0.2) is 24.4 Å². The molecule has 0 aromatic carbocycles. The van der Waals surface area contributed by atoms with Gasteiger partial charge in [0, 0.05) is 30.1 Å². The summed E-state index contributed by atoms with van der Waals surface area (Å²) in [4.78, 5) is 4.09. The van der Waals surface area contributed by atoms with Gasteiger partial charge in [-0.1, -0.05) is 0 Å². The number of methoxy groups -OCH3 is 1. The number of hydrogen-bond acceptors (Lipinski definition) is 3. The summed E-state index contributed by atoms with van der Waals surface area (Å²) in [6.45, 7) is 1.04. The summed E-state index contributed by atoms with van der Waals surface area (Å²) in [7, 11) is 1.62. The maximum Gasteiger partial charge on any atom is 0.213 e. The first kappa shape index (κ1) is 9.39. The van der Waals surface area contributed by atoms with Crippen LogP contribution < -0.4 is 4.74 Å². The van der Waals surface area contributed by atoms with Crippen LogP contribution in [0.5, 0.6) is 5.88 Å². The Hall–Kier alpha value is -1.84. The summed E-state index contributed by atoms with van der Waals surface area (Å²) in [5.41, 5.74) is 3.40. The van der Waals surface area contributed by atoms with Gasteiger partial charge in [-0.3, -0.25) is 4.68 Å². The number of ether oxygens (including phenoxy) is 1. The van der Waals surface area contributed by atoms with E-state index in [1.54, 1.807) is 13.3 Å². The Bertz CT molecular complexity index is 497. The van der Waals surface area contributed by atoms with Gasteiger partial charge >= 0.3 is 0 Å². The lowest BCUT2D eigenvalue weighted by molar-refractivity contribution is 0.398. The summed E-state index contributed by atoms with van der Waals surface area (Å²) >= 11 is 0. The van der Waals surface area contributed by atoms with Crippen LogP contribution in [0.1, 0.15) is 12.1 Å². The van der Waals surface area contributed by atoms with E-state index in [2.05, 4.69) is 20.8 Å². The lowest BCUT2D eigenvalue weighted by Crippen LogP contribution is -1.94. The van der Waals surface area contributed by atoms with E-state index in [9.17, 15) is 0 Å². The average molecular weight is 215 g/mol. The first-order chi connectivity index (χ1) is 7.86. The molecule has 0 saturated heterocycles. The Balaban J connectivity index is 2.01. The molecule has 0 aliphatic carbocycles. The molecule has 82 valence electrons. The van der Waals surface area contributed by atoms with Gasteiger partial charge in [0.1, 0.15) is 0 Å². The van der Waals surface area contributed by atoms with Gasteiger partial charge < -0.3 is 4.74 Å². The second-order valence-electron chi connectivity index (χ2n) is 3.93. The topological polar surface area (TPSA) is 39.9 Å². The molecule has 0 bridgehead atoms. The number of pyridine rings is 1. The third-order valence-corrected chi connectivity index (χ3v) is 2.91. The van der Waals surface area contributed by atoms with Gasteiger partial charge in [-0.25, -0.2) is 4.98 Å². The van der Waals surface area contributed by atoms with Crippen LogP contribution in [0, 0.1) is 0 Å². The number of hydrogen-bond donors (Lipinski definition) is 0. The highest BCUT2D eigenvalue weighted by molar-refractivity contribution is 5.60. The molecule has 0 amide bonds. The molecular weight excluding hydrogens is 202 g/mol. The lowest BCUT2D eigenvalue weighted by atomic mass is 10.2. The molecule has 1 aliphatic heterocycles. The van der Waals surface area contributed by atoms with Crippen molar-refractivity contribution in [3.63, 3.8) is 0 Å². The second kappa shape index (κ2) is 3.63. The zero-order chi connectivity index (χ0) is 11.0. The van der Waals surface area contributed by atoms with E-state index in [1.807, 2.05) is 12.1 Å². The van der Waals surface area contributed by atoms with Crippen molar-refractivity contribution in [1.82, 2.24) is 14.8 Å². The highest BCUT2D eigenvalue weighted by Gasteiger charge is 2.14. The van der Waals surface area contributed by atoms with Gasteiger partial charge in [0.05, 0.1) is 12.8 Å². The molecule has 0 spiro atoms. The maximum atomic E-state index is 5.11. The summed E-state index contributed by atoms with van der Waals surface area (Å²) in [5.74, 6) is 0.630. The third kappa shape index (κ3) is 1.46. The molecule has 2 aromatic rings. The normalized spacial score (nSPS) is 13.8. The van der Waals surface area contributed by atoms with Gasteiger partial charge in [-0.05, 0) is 25.0 Å². The predicted molar refractivity (Wildman–Crippen MR) is 60.3 cm³/mol. The number of aryl methyl sites for hydroxylation is 2. The number of aromatic nitrogens is 3. The average Bonchev–Trinajstić information content (AvgIpc) is 2.89. The van der Waals surface area contributed by atoms with Gasteiger partial charge in [0.25, 0.3) is 0 Å². The number of rotatable bonds is 2. The van der Waals surface area contributed by atoms with Crippen molar-refractivity contribution in [3.8, 4) is 17.1 Å². The molecule has 3 heterocycles. The molecule has 4 nitrogen and oxygen atoms in total. The Morgan fingerprint density at radius 1 is 1.38 bits per heavy atom. The van der Waals surface area contributed by atoms with Gasteiger partial charge in [0.15, 0.2) is 0 Å². The highest BCUT2D eigenvalue weighted by atomic mass is 16.5. The predicted octanol–water partition coefficient (Wildman–Crippen LogP) is 1.90. The van der Waals surface area contributed by atoms with E-state index in [1.165, 1.54) is 12.1 Å². The largest absolute Gasteiger partial charge is 0.481 e. The monoisotopic (exact) mass is 215 g/mol. The van der Waals surface area contributed by atoms with Crippen LogP contribution >= 0.6 is 0 Å². The van der Waals surface area contributed by atoms with Crippen LogP contribution in [0.25, 0.3) is 11.3 Å². The highest BCUT2D eigenvalue weighted by Crippen LogP contribution is 2.24. The zero-order valence-corrected chi connectivity index (χ0v) is 9.18. The molecule has 4 heteroatoms. The molecule has 0 unspecified atom stereocenters. The number of fused-ring (bicyclic) bond motifs is 1. The Morgan fingerprint density at radius 2 is 2.31 bits per heavy atom. The van der Waals surface area contributed by atoms with Crippen LogP contribution in [0.4, 0.5) is 0 Å². The molecule has 0 fully saturated rings. The first-order valence-electron chi connectivity index (χ1n) is 5.44. The van der Waals surface area contributed by atoms with E-state index in [4.69, 9.17) is 4.74 Å². The van der Waals surface area contributed by atoms with E-state index in [0.29, 0.717) is 5.88 Å². The fourth-order valence-electron chi connectivity index (χ4n) is 2.08. The Kier molecular flexibility index (Phi) is 2.13. The molecule has 3 rings (SSSR count). The summed E-state index contributed by atoms with van der Waals surface area (Å²) in [6.07, 6.45) is 4.09. The standard InChI is InChI=1S/C12H13N3O/c1-16-12-7-9(4-5-13-12)11-8-10-3-2-6-15(10)14-11/h4-5,7-8H,2-3,6H2,1H3. The Labute approximate surface area is 93.9 Å². The SMILES string of the molecule is COc1cc(-c2cc3n(n2)CCC3)ccn1. The van der Waals surface area contributed by atoms with Gasteiger partial charge in [0.2, 0.25) is 5.88 Å². The van der Waals surface area contributed by atoms with E-state index in [0.717, 1.165) is 24.2 Å². The van der Waals surface area contributed by atoms with Crippen LogP contribution in [0.2, 0.25) is 0 Å². The van der Waals surface area contributed by atoms with Crippen molar-refractivity contribution >= 4 is 0 Å². The van der Waals surface area contributed by atoms with E-state index < -0.39 is 0 Å². The minimum Gasteiger partial charge on any atom is -0.481 e. The molecule has 16 heavy (non-hydrogen) atoms. The second-order valence-corrected chi connectivity index (χ2v) is 3.93. The summed E-state index contributed by atoms with van der Waals surface area (Å²) in [6, 6.07) is 6.03. The molecule has 2 aromatic heterocycles. The van der Waals surface area contributed by atoms with Crippen LogP contribution in [-0.4, -0.2) is 21.9 Å². The molecule has 0 radical (unpaired) electrons. The van der Waals surface area contributed by atoms with Crippen molar-refractivity contribution in [2.24, 2.45) is 0 Å². The summed E-state index contributed by atoms with van der Waals surface area (Å²) in [5, 5.41) is 4.57. The van der Waals surface area contributed by atoms with Crippen molar-refractivity contribution in [2.75, 3.05) is 7.11 Å². The fraction of sp³-hybridized carbons (Fsp3) is 0.333. The third-order valence-electron chi connectivity index (χ3n) is 2.91. The molecule has 0 saturated carbocycles. The lowest BCUT2D eigenvalue weighted by Gasteiger charge is -2.00. The number of nitrogens with zero attached hydrogens (tertiary/aromatic N) is 3. The molecule has 0 N–H and O–H groups in total. The molecule has 0 atom stereocenters. The first-order valence-corrected chi connectivity index (χ1v) is 5.44. The summed E-state index contributed by atoms with van der Waals surface area (Å²) < 4.78 is 7.19. The Morgan fingerprint density at radius 3 is 3.12 bits per heavy atom. The van der Waals surface area contributed by atoms with Crippen molar-refractivity contribution in [1.29, 1.82) is 0 Å².